The number of ketones is 2. The molecule has 0 unspecified atom stereocenters. The summed E-state index contributed by atoms with van der Waals surface area (Å²) in [5, 5.41) is 46.0. The van der Waals surface area contributed by atoms with Crippen molar-refractivity contribution in [1.29, 1.82) is 0 Å². The number of allylic oxidation sites excluding steroid dienone is 1. The van der Waals surface area contributed by atoms with Crippen molar-refractivity contribution >= 4 is 17.5 Å². The maximum absolute atomic E-state index is 14.1. The number of hydrogen-bond donors (Lipinski definition) is 5. The minimum absolute atomic E-state index is 0.0633. The number of aliphatic hydroxyl groups excluding tert-OH is 2. The van der Waals surface area contributed by atoms with Gasteiger partial charge in [-0.25, -0.2) is 0 Å². The lowest BCUT2D eigenvalue weighted by molar-refractivity contribution is -0.148. The van der Waals surface area contributed by atoms with Crippen molar-refractivity contribution in [3.8, 4) is 5.75 Å². The number of likely N-dealkylation sites (N-methyl/N-ethyl adjacent to an activating group) is 1. The van der Waals surface area contributed by atoms with E-state index in [1.807, 2.05) is 32.9 Å². The molecule has 3 aliphatic carbocycles. The first-order valence-electron chi connectivity index (χ1n) is 14.9. The Hall–Kier alpha value is -3.21. The van der Waals surface area contributed by atoms with Crippen molar-refractivity contribution in [3.63, 3.8) is 0 Å². The maximum Gasteiger partial charge on any atom is 0.255 e. The third-order valence-electron chi connectivity index (χ3n) is 10.3. The summed E-state index contributed by atoms with van der Waals surface area (Å²) in [6.07, 6.45) is 4.24. The van der Waals surface area contributed by atoms with Gasteiger partial charge in [-0.1, -0.05) is 32.9 Å². The highest BCUT2D eigenvalue weighted by atomic mass is 16.3. The SMILES string of the molecule is C[C@H]1c2ccc(C(C)(C)CCCN3CCCC3)c(O)c2C(=O)C2=C(O)[C@]3(O)C(=O)C(C(N)=O)=C(O)[C@@H](N(C)C)[C@@H]3C[C@@H]21. The highest BCUT2D eigenvalue weighted by Gasteiger charge is 2.64. The Balaban J connectivity index is 1.57. The van der Waals surface area contributed by atoms with Crippen molar-refractivity contribution in [2.75, 3.05) is 33.7 Å². The van der Waals surface area contributed by atoms with Gasteiger partial charge in [-0.2, -0.15) is 0 Å². The number of Topliss-reactive ketones (excluding diaryl/α,β-unsaturated/α-hetero) is 2. The van der Waals surface area contributed by atoms with Crippen LogP contribution >= 0.6 is 0 Å². The van der Waals surface area contributed by atoms with Gasteiger partial charge >= 0.3 is 0 Å². The van der Waals surface area contributed by atoms with Gasteiger partial charge in [0.15, 0.2) is 11.4 Å². The Bertz CT molecular complexity index is 1400. The molecular weight excluding hydrogens is 538 g/mol. The Morgan fingerprint density at radius 1 is 1.14 bits per heavy atom. The lowest BCUT2D eigenvalue weighted by Crippen LogP contribution is -2.64. The van der Waals surface area contributed by atoms with Crippen LogP contribution < -0.4 is 5.73 Å². The first kappa shape index (κ1) is 30.3. The molecular formula is C32H43N3O7. The molecule has 0 aromatic heterocycles. The van der Waals surface area contributed by atoms with Gasteiger partial charge in [-0.15, -0.1) is 0 Å². The monoisotopic (exact) mass is 581 g/mol. The maximum atomic E-state index is 14.1. The molecule has 1 amide bonds. The Labute approximate surface area is 246 Å². The number of carbonyl (C=O) groups excluding carboxylic acids is 3. The summed E-state index contributed by atoms with van der Waals surface area (Å²) >= 11 is 0. The molecule has 1 fully saturated rings. The number of rotatable bonds is 7. The van der Waals surface area contributed by atoms with E-state index in [0.717, 1.165) is 32.5 Å². The number of phenolic OH excluding ortho intramolecular Hbond substituents is 1. The minimum atomic E-state index is -2.65. The summed E-state index contributed by atoms with van der Waals surface area (Å²) in [4.78, 5) is 43.9. The molecule has 1 saturated heterocycles. The van der Waals surface area contributed by atoms with Gasteiger partial charge < -0.3 is 31.1 Å². The smallest absolute Gasteiger partial charge is 0.255 e. The molecule has 0 saturated carbocycles. The van der Waals surface area contributed by atoms with Gasteiger partial charge in [0.1, 0.15) is 22.8 Å². The number of aliphatic hydroxyl groups is 3. The van der Waals surface area contributed by atoms with E-state index in [4.69, 9.17) is 5.73 Å². The second kappa shape index (κ2) is 10.5. The molecule has 4 aliphatic rings. The molecule has 10 nitrogen and oxygen atoms in total. The van der Waals surface area contributed by atoms with Crippen LogP contribution in [0.25, 0.3) is 0 Å². The molecule has 1 aromatic carbocycles. The first-order valence-corrected chi connectivity index (χ1v) is 14.9. The number of phenols is 1. The van der Waals surface area contributed by atoms with Crippen LogP contribution in [0.5, 0.6) is 5.75 Å². The molecule has 1 aliphatic heterocycles. The minimum Gasteiger partial charge on any atom is -0.510 e. The van der Waals surface area contributed by atoms with Gasteiger partial charge in [0, 0.05) is 17.1 Å². The molecule has 6 N–H and O–H groups in total. The average molecular weight is 582 g/mol. The third-order valence-corrected chi connectivity index (χ3v) is 10.3. The highest BCUT2D eigenvalue weighted by molar-refractivity contribution is 6.24. The molecule has 1 heterocycles. The fraction of sp³-hybridized carbons (Fsp3) is 0.594. The van der Waals surface area contributed by atoms with Crippen molar-refractivity contribution in [3.05, 3.63) is 51.5 Å². The summed E-state index contributed by atoms with van der Waals surface area (Å²) in [5.41, 5.74) is 2.70. The van der Waals surface area contributed by atoms with Gasteiger partial charge in [-0.3, -0.25) is 19.3 Å². The van der Waals surface area contributed by atoms with E-state index in [9.17, 15) is 34.8 Å². The molecule has 0 bridgehead atoms. The topological polar surface area (TPSA) is 165 Å². The van der Waals surface area contributed by atoms with E-state index in [1.54, 1.807) is 19.0 Å². The number of amides is 1. The van der Waals surface area contributed by atoms with E-state index in [0.29, 0.717) is 11.1 Å². The van der Waals surface area contributed by atoms with Crippen LogP contribution in [0.15, 0.2) is 34.8 Å². The van der Waals surface area contributed by atoms with E-state index in [1.165, 1.54) is 12.8 Å². The molecule has 42 heavy (non-hydrogen) atoms. The van der Waals surface area contributed by atoms with Crippen LogP contribution in [-0.2, 0) is 15.0 Å². The second-order valence-corrected chi connectivity index (χ2v) is 13.4. The average Bonchev–Trinajstić information content (AvgIpc) is 3.42. The molecule has 5 atom stereocenters. The molecule has 228 valence electrons. The zero-order chi connectivity index (χ0) is 30.9. The molecule has 0 radical (unpaired) electrons. The van der Waals surface area contributed by atoms with Crippen LogP contribution in [-0.4, -0.2) is 93.1 Å². The van der Waals surface area contributed by atoms with Gasteiger partial charge in [0.2, 0.25) is 5.78 Å². The summed E-state index contributed by atoms with van der Waals surface area (Å²) in [6, 6.07) is 2.73. The predicted molar refractivity (Wildman–Crippen MR) is 156 cm³/mol. The largest absolute Gasteiger partial charge is 0.510 e. The van der Waals surface area contributed by atoms with Gasteiger partial charge in [0.25, 0.3) is 5.91 Å². The highest BCUT2D eigenvalue weighted by Crippen LogP contribution is 2.56. The van der Waals surface area contributed by atoms with Crippen molar-refractivity contribution in [2.24, 2.45) is 17.6 Å². The van der Waals surface area contributed by atoms with Crippen LogP contribution in [0, 0.1) is 11.8 Å². The quantitative estimate of drug-likeness (QED) is 0.305. The normalized spacial score (nSPS) is 30.1. The number of nitrogens with two attached hydrogens (primary N) is 1. The van der Waals surface area contributed by atoms with E-state index >= 15 is 0 Å². The number of carbonyl (C=O) groups is 3. The zero-order valence-corrected chi connectivity index (χ0v) is 25.1. The van der Waals surface area contributed by atoms with Crippen molar-refractivity contribution in [2.45, 2.75) is 75.9 Å². The van der Waals surface area contributed by atoms with Gasteiger partial charge in [-0.05, 0) is 88.6 Å². The predicted octanol–water partition coefficient (Wildman–Crippen LogP) is 2.84. The van der Waals surface area contributed by atoms with Crippen LogP contribution in [0.4, 0.5) is 0 Å². The number of benzene rings is 1. The summed E-state index contributed by atoms with van der Waals surface area (Å²) in [6.45, 7) is 9.15. The second-order valence-electron chi connectivity index (χ2n) is 13.4. The fourth-order valence-corrected chi connectivity index (χ4v) is 7.98. The van der Waals surface area contributed by atoms with Gasteiger partial charge in [0.05, 0.1) is 11.6 Å². The Morgan fingerprint density at radius 3 is 2.38 bits per heavy atom. The molecule has 1 aromatic rings. The fourth-order valence-electron chi connectivity index (χ4n) is 7.98. The molecule has 0 spiro atoms. The standard InChI is InChI=1S/C32H43N3O7/c1-16-17-9-10-19(31(2,3)11-8-14-35-12-6-7-13-35)25(36)21(17)26(37)22-18(16)15-20-24(34(4)5)27(38)23(30(33)41)29(40)32(20,42)28(22)39/h9-10,16,18,20,24,36,38-39,42H,6-8,11-15H2,1-5H3,(H2,33,41)/t16-,18+,20-,24-,32-/m0/s1. The van der Waals surface area contributed by atoms with E-state index < -0.39 is 63.5 Å². The lowest BCUT2D eigenvalue weighted by Gasteiger charge is -2.51. The number of likely N-dealkylation sites (tertiary alicyclic amines) is 1. The van der Waals surface area contributed by atoms with Crippen LogP contribution in [0.2, 0.25) is 0 Å². The number of nitrogens with zero attached hydrogens (tertiary/aromatic N) is 2. The van der Waals surface area contributed by atoms with E-state index in [2.05, 4.69) is 4.90 Å². The number of hydrogen-bond acceptors (Lipinski definition) is 9. The number of fused-ring (bicyclic) bond motifs is 3. The number of primary amides is 1. The van der Waals surface area contributed by atoms with E-state index in [-0.39, 0.29) is 29.2 Å². The third kappa shape index (κ3) is 4.37. The first-order chi connectivity index (χ1) is 19.6. The number of aromatic hydroxyl groups is 1. The summed E-state index contributed by atoms with van der Waals surface area (Å²) < 4.78 is 0. The van der Waals surface area contributed by atoms with Crippen molar-refractivity contribution in [1.82, 2.24) is 9.80 Å². The zero-order valence-electron chi connectivity index (χ0n) is 25.1. The van der Waals surface area contributed by atoms with Crippen LogP contribution in [0.1, 0.15) is 80.3 Å². The summed E-state index contributed by atoms with van der Waals surface area (Å²) in [7, 11) is 3.23. The summed E-state index contributed by atoms with van der Waals surface area (Å²) in [5.74, 6) is -6.71. The Morgan fingerprint density at radius 2 is 1.79 bits per heavy atom. The van der Waals surface area contributed by atoms with Crippen LogP contribution in [0.3, 0.4) is 0 Å². The molecule has 10 heteroatoms. The Kier molecular flexibility index (Phi) is 7.56. The molecule has 5 rings (SSSR count). The lowest BCUT2D eigenvalue weighted by atomic mass is 9.56. The van der Waals surface area contributed by atoms with Crippen molar-refractivity contribution < 1.29 is 34.8 Å².